The maximum Gasteiger partial charge on any atom is 0.185 e. The third kappa shape index (κ3) is 2.90. The van der Waals surface area contributed by atoms with E-state index in [0.29, 0.717) is 6.61 Å². The Bertz CT molecular complexity index is 254. The van der Waals surface area contributed by atoms with E-state index in [-0.39, 0.29) is 0 Å². The van der Waals surface area contributed by atoms with E-state index in [1.165, 1.54) is 0 Å². The normalized spacial score (nSPS) is 39.3. The molecule has 1 rings (SSSR count). The van der Waals surface area contributed by atoms with E-state index in [1.807, 2.05) is 6.92 Å². The lowest BCUT2D eigenvalue weighted by Crippen LogP contribution is -2.58. The SMILES string of the molecule is CCCCOC1C(O)[C@H](O)OC(C#N)[C@H]1O. The summed E-state index contributed by atoms with van der Waals surface area (Å²) in [4.78, 5) is 0. The Balaban J connectivity index is 2.59. The molecule has 0 saturated carbocycles. The lowest BCUT2D eigenvalue weighted by Gasteiger charge is -2.37. The van der Waals surface area contributed by atoms with Gasteiger partial charge >= 0.3 is 0 Å². The second-order valence-electron chi connectivity index (χ2n) is 3.75. The molecule has 0 aliphatic carbocycles. The Labute approximate surface area is 94.0 Å². The minimum Gasteiger partial charge on any atom is -0.386 e. The van der Waals surface area contributed by atoms with Crippen molar-refractivity contribution >= 4 is 0 Å². The summed E-state index contributed by atoms with van der Waals surface area (Å²) in [6.07, 6.45) is -4.55. The van der Waals surface area contributed by atoms with Crippen molar-refractivity contribution in [2.45, 2.75) is 50.5 Å². The largest absolute Gasteiger partial charge is 0.386 e. The predicted octanol–water partition coefficient (Wildman–Crippen LogP) is -0.866. The van der Waals surface area contributed by atoms with Crippen molar-refractivity contribution < 1.29 is 24.8 Å². The van der Waals surface area contributed by atoms with Gasteiger partial charge in [-0.1, -0.05) is 13.3 Å². The van der Waals surface area contributed by atoms with Gasteiger partial charge in [0, 0.05) is 6.61 Å². The molecule has 5 atom stereocenters. The van der Waals surface area contributed by atoms with Crippen LogP contribution in [0.25, 0.3) is 0 Å². The molecule has 1 aliphatic rings. The fourth-order valence-corrected chi connectivity index (χ4v) is 1.52. The minimum atomic E-state index is -1.50. The highest BCUT2D eigenvalue weighted by atomic mass is 16.6. The first-order valence-corrected chi connectivity index (χ1v) is 5.32. The van der Waals surface area contributed by atoms with Gasteiger partial charge in [0.2, 0.25) is 0 Å². The molecule has 92 valence electrons. The molecular formula is C10H17NO5. The van der Waals surface area contributed by atoms with Crippen LogP contribution in [0.2, 0.25) is 0 Å². The van der Waals surface area contributed by atoms with Crippen LogP contribution >= 0.6 is 0 Å². The van der Waals surface area contributed by atoms with Crippen molar-refractivity contribution in [3.05, 3.63) is 0 Å². The molecule has 1 saturated heterocycles. The van der Waals surface area contributed by atoms with Crippen molar-refractivity contribution in [2.24, 2.45) is 0 Å². The summed E-state index contributed by atoms with van der Waals surface area (Å²) in [6.45, 7) is 2.34. The van der Waals surface area contributed by atoms with E-state index < -0.39 is 30.7 Å². The second-order valence-corrected chi connectivity index (χ2v) is 3.75. The van der Waals surface area contributed by atoms with E-state index in [9.17, 15) is 15.3 Å². The number of aliphatic hydroxyl groups is 3. The van der Waals surface area contributed by atoms with E-state index in [1.54, 1.807) is 6.07 Å². The maximum absolute atomic E-state index is 9.67. The Morgan fingerprint density at radius 3 is 2.56 bits per heavy atom. The van der Waals surface area contributed by atoms with Crippen LogP contribution in [0.3, 0.4) is 0 Å². The molecule has 1 aliphatic heterocycles. The fraction of sp³-hybridized carbons (Fsp3) is 0.900. The molecule has 1 heterocycles. The molecule has 0 aromatic carbocycles. The molecule has 0 aromatic heterocycles. The molecule has 0 amide bonds. The van der Waals surface area contributed by atoms with Crippen molar-refractivity contribution in [1.29, 1.82) is 5.26 Å². The molecule has 1 fully saturated rings. The van der Waals surface area contributed by atoms with E-state index in [4.69, 9.17) is 14.7 Å². The monoisotopic (exact) mass is 231 g/mol. The van der Waals surface area contributed by atoms with Crippen LogP contribution < -0.4 is 0 Å². The molecule has 0 radical (unpaired) electrons. The second kappa shape index (κ2) is 6.13. The smallest absolute Gasteiger partial charge is 0.185 e. The molecule has 3 unspecified atom stereocenters. The fourth-order valence-electron chi connectivity index (χ4n) is 1.52. The highest BCUT2D eigenvalue weighted by Gasteiger charge is 2.44. The lowest BCUT2D eigenvalue weighted by molar-refractivity contribution is -0.278. The molecule has 6 heteroatoms. The zero-order valence-electron chi connectivity index (χ0n) is 9.11. The van der Waals surface area contributed by atoms with Crippen LogP contribution in [0, 0.1) is 11.3 Å². The van der Waals surface area contributed by atoms with Crippen molar-refractivity contribution in [2.75, 3.05) is 6.61 Å². The lowest BCUT2D eigenvalue weighted by atomic mass is 9.99. The Hall–Kier alpha value is -0.710. The number of ether oxygens (including phenoxy) is 2. The maximum atomic E-state index is 9.67. The zero-order chi connectivity index (χ0) is 12.1. The summed E-state index contributed by atoms with van der Waals surface area (Å²) >= 11 is 0. The van der Waals surface area contributed by atoms with Gasteiger partial charge in [0.05, 0.1) is 6.07 Å². The first-order chi connectivity index (χ1) is 7.61. The van der Waals surface area contributed by atoms with Crippen LogP contribution in [0.15, 0.2) is 0 Å². The van der Waals surface area contributed by atoms with Gasteiger partial charge in [-0.25, -0.2) is 0 Å². The standard InChI is InChI=1S/C10H17NO5/c1-2-3-4-15-9-7(12)6(5-11)16-10(14)8(9)13/h6-10,12-14H,2-4H2,1H3/t6?,7-,8?,9?,10-/m1/s1. The van der Waals surface area contributed by atoms with Gasteiger partial charge in [-0.3, -0.25) is 0 Å². The van der Waals surface area contributed by atoms with E-state index >= 15 is 0 Å². The van der Waals surface area contributed by atoms with Gasteiger partial charge in [0.15, 0.2) is 12.4 Å². The number of hydrogen-bond donors (Lipinski definition) is 3. The van der Waals surface area contributed by atoms with Gasteiger partial charge in [-0.2, -0.15) is 5.26 Å². The Morgan fingerprint density at radius 1 is 1.31 bits per heavy atom. The number of nitrogens with zero attached hydrogens (tertiary/aromatic N) is 1. The van der Waals surface area contributed by atoms with E-state index in [2.05, 4.69) is 0 Å². The van der Waals surface area contributed by atoms with Gasteiger partial charge < -0.3 is 24.8 Å². The molecular weight excluding hydrogens is 214 g/mol. The molecule has 0 bridgehead atoms. The Kier molecular flexibility index (Phi) is 5.12. The highest BCUT2D eigenvalue weighted by Crippen LogP contribution is 2.22. The molecule has 0 spiro atoms. The number of hydrogen-bond acceptors (Lipinski definition) is 6. The Morgan fingerprint density at radius 2 is 2.00 bits per heavy atom. The van der Waals surface area contributed by atoms with Crippen molar-refractivity contribution in [3.8, 4) is 6.07 Å². The van der Waals surface area contributed by atoms with E-state index in [0.717, 1.165) is 12.8 Å². The first-order valence-electron chi connectivity index (χ1n) is 5.32. The average Bonchev–Trinajstić information content (AvgIpc) is 2.28. The van der Waals surface area contributed by atoms with Gasteiger partial charge in [-0.05, 0) is 6.42 Å². The topological polar surface area (TPSA) is 103 Å². The minimum absolute atomic E-state index is 0.361. The van der Waals surface area contributed by atoms with Crippen LogP contribution in [-0.4, -0.2) is 52.6 Å². The highest BCUT2D eigenvalue weighted by molar-refractivity contribution is 5.00. The summed E-state index contributed by atoms with van der Waals surface area (Å²) in [5.41, 5.74) is 0. The average molecular weight is 231 g/mol. The third-order valence-corrected chi connectivity index (χ3v) is 2.50. The summed E-state index contributed by atoms with van der Waals surface area (Å²) in [5.74, 6) is 0. The predicted molar refractivity (Wildman–Crippen MR) is 53.2 cm³/mol. The molecule has 6 nitrogen and oxygen atoms in total. The van der Waals surface area contributed by atoms with Gasteiger partial charge in [0.1, 0.15) is 18.3 Å². The zero-order valence-corrected chi connectivity index (χ0v) is 9.11. The summed E-state index contributed by atoms with van der Waals surface area (Å²) in [6, 6.07) is 1.70. The van der Waals surface area contributed by atoms with Crippen LogP contribution in [-0.2, 0) is 9.47 Å². The van der Waals surface area contributed by atoms with Crippen LogP contribution in [0.4, 0.5) is 0 Å². The third-order valence-electron chi connectivity index (χ3n) is 2.50. The summed E-state index contributed by atoms with van der Waals surface area (Å²) in [7, 11) is 0. The van der Waals surface area contributed by atoms with Crippen LogP contribution in [0.5, 0.6) is 0 Å². The molecule has 3 N–H and O–H groups in total. The summed E-state index contributed by atoms with van der Waals surface area (Å²) in [5, 5.41) is 37.2. The number of rotatable bonds is 4. The van der Waals surface area contributed by atoms with Gasteiger partial charge in [0.25, 0.3) is 0 Å². The van der Waals surface area contributed by atoms with Crippen molar-refractivity contribution in [3.63, 3.8) is 0 Å². The number of aliphatic hydroxyl groups excluding tert-OH is 3. The quantitative estimate of drug-likeness (QED) is 0.544. The first kappa shape index (κ1) is 13.4. The van der Waals surface area contributed by atoms with Crippen molar-refractivity contribution in [1.82, 2.24) is 0 Å². The molecule has 16 heavy (non-hydrogen) atoms. The van der Waals surface area contributed by atoms with Gasteiger partial charge in [-0.15, -0.1) is 0 Å². The summed E-state index contributed by atoms with van der Waals surface area (Å²) < 4.78 is 9.97. The number of nitriles is 1. The van der Waals surface area contributed by atoms with Crippen LogP contribution in [0.1, 0.15) is 19.8 Å². The number of unbranched alkanes of at least 4 members (excludes halogenated alkanes) is 1. The molecule has 0 aromatic rings.